The molecule has 1 fully saturated rings. The van der Waals surface area contributed by atoms with E-state index in [-0.39, 0.29) is 17.3 Å². The van der Waals surface area contributed by atoms with Crippen LogP contribution in [0, 0.1) is 18.2 Å². The first kappa shape index (κ1) is 22.5. The van der Waals surface area contributed by atoms with E-state index in [2.05, 4.69) is 18.8 Å². The largest absolute Gasteiger partial charge is 0.351 e. The third kappa shape index (κ3) is 5.45. The molecule has 4 nitrogen and oxygen atoms in total. The molecule has 1 aromatic carbocycles. The smallest absolute Gasteiger partial charge is 0.207 e. The van der Waals surface area contributed by atoms with E-state index >= 15 is 0 Å². The van der Waals surface area contributed by atoms with Crippen molar-refractivity contribution in [2.24, 2.45) is 11.3 Å². The molecule has 3 N–H and O–H groups in total. The van der Waals surface area contributed by atoms with Crippen LogP contribution in [0.2, 0.25) is 5.02 Å². The van der Waals surface area contributed by atoms with Gasteiger partial charge in [-0.25, -0.2) is 10.2 Å². The molecule has 1 saturated carbocycles. The van der Waals surface area contributed by atoms with E-state index in [1.165, 1.54) is 6.07 Å². The number of aryl methyl sites for hydroxylation is 1. The molecule has 0 aromatic heterocycles. The van der Waals surface area contributed by atoms with Gasteiger partial charge in [0.05, 0.1) is 11.1 Å². The van der Waals surface area contributed by atoms with E-state index in [9.17, 15) is 9.18 Å². The molecule has 0 bridgehead atoms. The number of rotatable bonds is 6. The van der Waals surface area contributed by atoms with Crippen LogP contribution in [0.4, 0.5) is 4.39 Å². The molecule has 1 aromatic rings. The highest BCUT2D eigenvalue weighted by Crippen LogP contribution is 2.49. The number of nitrogens with zero attached hydrogens (tertiary/aromatic N) is 1. The summed E-state index contributed by atoms with van der Waals surface area (Å²) in [5, 5.41) is 4.81. The fourth-order valence-corrected chi connectivity index (χ4v) is 3.65. The van der Waals surface area contributed by atoms with E-state index < -0.39 is 0 Å². The first-order valence-electron chi connectivity index (χ1n) is 8.99. The zero-order valence-corrected chi connectivity index (χ0v) is 17.0. The van der Waals surface area contributed by atoms with Gasteiger partial charge in [0.15, 0.2) is 0 Å². The van der Waals surface area contributed by atoms with Gasteiger partial charge in [0.25, 0.3) is 0 Å². The molecule has 0 heterocycles. The summed E-state index contributed by atoms with van der Waals surface area (Å²) in [6, 6.07) is 2.73. The minimum absolute atomic E-state index is 0.126. The Morgan fingerprint density at radius 1 is 1.50 bits per heavy atom. The molecule has 6 heteroatoms. The third-order valence-electron chi connectivity index (χ3n) is 5.12. The maximum Gasteiger partial charge on any atom is 0.207 e. The number of halogens is 2. The van der Waals surface area contributed by atoms with Crippen LogP contribution in [0.1, 0.15) is 63.6 Å². The Kier molecular flexibility index (Phi) is 8.57. The Labute approximate surface area is 161 Å². The molecule has 0 spiro atoms. The molecule has 2 rings (SSSR count). The second-order valence-electron chi connectivity index (χ2n) is 7.19. The van der Waals surface area contributed by atoms with Crippen LogP contribution in [0.15, 0.2) is 24.4 Å². The van der Waals surface area contributed by atoms with E-state index in [0.29, 0.717) is 17.0 Å². The van der Waals surface area contributed by atoms with Crippen LogP contribution in [0.25, 0.3) is 0 Å². The van der Waals surface area contributed by atoms with E-state index in [4.69, 9.17) is 17.4 Å². The van der Waals surface area contributed by atoms with Gasteiger partial charge in [-0.3, -0.25) is 4.79 Å². The number of amides is 1. The van der Waals surface area contributed by atoms with Crippen LogP contribution in [0.3, 0.4) is 0 Å². The fraction of sp³-hybridized carbons (Fsp3) is 0.550. The van der Waals surface area contributed by atoms with Gasteiger partial charge in [0.2, 0.25) is 6.41 Å². The number of hydrogen-bond donors (Lipinski definition) is 2. The quantitative estimate of drug-likeness (QED) is 0.418. The number of carbonyl (C=O) groups excluding carboxylic acids is 1. The summed E-state index contributed by atoms with van der Waals surface area (Å²) < 4.78 is 14.2. The van der Waals surface area contributed by atoms with Crippen molar-refractivity contribution in [2.45, 2.75) is 59.4 Å². The zero-order chi connectivity index (χ0) is 19.9. The number of nitrogens with one attached hydrogen (secondary N) is 1. The van der Waals surface area contributed by atoms with Crippen molar-refractivity contribution in [3.05, 3.63) is 46.4 Å². The van der Waals surface area contributed by atoms with Crippen molar-refractivity contribution in [3.8, 4) is 0 Å². The minimum atomic E-state index is -0.361. The fourth-order valence-electron chi connectivity index (χ4n) is 3.39. The predicted molar refractivity (Wildman–Crippen MR) is 106 cm³/mol. The maximum absolute atomic E-state index is 14.2. The van der Waals surface area contributed by atoms with Gasteiger partial charge in [-0.1, -0.05) is 44.0 Å². The first-order valence-corrected chi connectivity index (χ1v) is 9.37. The second kappa shape index (κ2) is 9.93. The van der Waals surface area contributed by atoms with Gasteiger partial charge >= 0.3 is 0 Å². The monoisotopic (exact) mass is 383 g/mol. The average molecular weight is 384 g/mol. The Morgan fingerprint density at radius 2 is 2.08 bits per heavy atom. The topological polar surface area (TPSA) is 58.4 Å². The van der Waals surface area contributed by atoms with Crippen molar-refractivity contribution < 1.29 is 9.18 Å². The van der Waals surface area contributed by atoms with E-state index in [0.717, 1.165) is 43.5 Å². The average Bonchev–Trinajstić information content (AvgIpc) is 3.05. The SMILES string of the molecule is C=C(C)N(N)CC.Cc1ccc(F)c(C(NC=O)C2(C)CCCC2)c1Cl. The van der Waals surface area contributed by atoms with Crippen molar-refractivity contribution >= 4 is 18.0 Å². The zero-order valence-electron chi connectivity index (χ0n) is 16.2. The van der Waals surface area contributed by atoms with Crippen molar-refractivity contribution in [3.63, 3.8) is 0 Å². The Bertz CT molecular complexity index is 630. The summed E-state index contributed by atoms with van der Waals surface area (Å²) in [6.07, 6.45) is 4.81. The summed E-state index contributed by atoms with van der Waals surface area (Å²) in [6.45, 7) is 12.3. The highest BCUT2D eigenvalue weighted by Gasteiger charge is 2.40. The summed E-state index contributed by atoms with van der Waals surface area (Å²) >= 11 is 6.27. The van der Waals surface area contributed by atoms with Gasteiger partial charge in [-0.05, 0) is 50.7 Å². The van der Waals surface area contributed by atoms with Crippen LogP contribution in [-0.2, 0) is 4.79 Å². The van der Waals surface area contributed by atoms with Gasteiger partial charge in [0.1, 0.15) is 5.82 Å². The number of hydrazine groups is 1. The molecule has 1 atom stereocenters. The summed E-state index contributed by atoms with van der Waals surface area (Å²) in [7, 11) is 0. The number of hydrogen-bond acceptors (Lipinski definition) is 3. The van der Waals surface area contributed by atoms with Crippen molar-refractivity contribution in [1.82, 2.24) is 10.3 Å². The lowest BCUT2D eigenvalue weighted by Gasteiger charge is -2.35. The normalized spacial score (nSPS) is 16.3. The van der Waals surface area contributed by atoms with Gasteiger partial charge in [-0.15, -0.1) is 0 Å². The summed E-state index contributed by atoms with van der Waals surface area (Å²) in [5.74, 6) is 5.01. The molecule has 1 unspecified atom stereocenters. The summed E-state index contributed by atoms with van der Waals surface area (Å²) in [4.78, 5) is 10.9. The Morgan fingerprint density at radius 3 is 2.50 bits per heavy atom. The van der Waals surface area contributed by atoms with Crippen LogP contribution in [0.5, 0.6) is 0 Å². The first-order chi connectivity index (χ1) is 12.2. The molecule has 0 aliphatic heterocycles. The van der Waals surface area contributed by atoms with Crippen LogP contribution in [-0.4, -0.2) is 18.0 Å². The third-order valence-corrected chi connectivity index (χ3v) is 5.62. The lowest BCUT2D eigenvalue weighted by Crippen LogP contribution is -2.34. The molecule has 0 radical (unpaired) electrons. The Hall–Kier alpha value is -1.59. The number of allylic oxidation sites excluding steroid dienone is 1. The molecule has 1 aliphatic rings. The molecule has 26 heavy (non-hydrogen) atoms. The minimum Gasteiger partial charge on any atom is -0.351 e. The van der Waals surface area contributed by atoms with Gasteiger partial charge in [-0.2, -0.15) is 0 Å². The van der Waals surface area contributed by atoms with Gasteiger partial charge in [0, 0.05) is 17.8 Å². The van der Waals surface area contributed by atoms with Crippen molar-refractivity contribution in [1.29, 1.82) is 0 Å². The number of benzene rings is 1. The maximum atomic E-state index is 14.2. The van der Waals surface area contributed by atoms with E-state index in [1.807, 2.05) is 20.8 Å². The molecule has 0 saturated heterocycles. The van der Waals surface area contributed by atoms with Crippen LogP contribution >= 0.6 is 11.6 Å². The lowest BCUT2D eigenvalue weighted by atomic mass is 9.77. The Balaban J connectivity index is 0.000000412. The van der Waals surface area contributed by atoms with E-state index in [1.54, 1.807) is 11.1 Å². The molecule has 1 aliphatic carbocycles. The predicted octanol–water partition coefficient (Wildman–Crippen LogP) is 4.87. The van der Waals surface area contributed by atoms with Crippen LogP contribution < -0.4 is 11.2 Å². The molecule has 1 amide bonds. The number of nitrogens with two attached hydrogens (primary N) is 1. The summed E-state index contributed by atoms with van der Waals surface area (Å²) in [5.41, 5.74) is 2.04. The molecule has 146 valence electrons. The number of carbonyl (C=O) groups is 1. The molecular weight excluding hydrogens is 353 g/mol. The van der Waals surface area contributed by atoms with Gasteiger partial charge < -0.3 is 10.3 Å². The van der Waals surface area contributed by atoms with Crippen molar-refractivity contribution in [2.75, 3.05) is 6.54 Å². The highest BCUT2D eigenvalue weighted by molar-refractivity contribution is 6.32. The standard InChI is InChI=1S/C15H19ClFNO.C5H12N2/c1-10-5-6-11(17)12(13(10)16)14(18-9-19)15(2)7-3-4-8-15;1-4-7(6)5(2)3/h5-6,9,14H,3-4,7-8H2,1-2H3,(H,18,19);2,4,6H2,1,3H3. The highest BCUT2D eigenvalue weighted by atomic mass is 35.5. The molecular formula is C20H31ClFN3O. The lowest BCUT2D eigenvalue weighted by molar-refractivity contribution is -0.111. The second-order valence-corrected chi connectivity index (χ2v) is 7.57.